The van der Waals surface area contributed by atoms with Crippen LogP contribution in [0.5, 0.6) is 0 Å². The molecule has 0 unspecified atom stereocenters. The maximum Gasteiger partial charge on any atom is 0.334 e. The summed E-state index contributed by atoms with van der Waals surface area (Å²) in [5.41, 5.74) is -1.42. The third-order valence-electron chi connectivity index (χ3n) is 3.52. The van der Waals surface area contributed by atoms with Gasteiger partial charge < -0.3 is 0 Å². The lowest BCUT2D eigenvalue weighted by atomic mass is 10.0. The molecule has 21 heavy (non-hydrogen) atoms. The van der Waals surface area contributed by atoms with E-state index in [9.17, 15) is 14.4 Å². The van der Waals surface area contributed by atoms with Gasteiger partial charge in [-0.3, -0.25) is 9.97 Å². The highest BCUT2D eigenvalue weighted by atomic mass is 16.2. The molecule has 1 aromatic heterocycles. The molecule has 0 bridgehead atoms. The second-order valence-electron chi connectivity index (χ2n) is 4.84. The molecule has 1 atom stereocenters. The molecule has 3 aromatic rings. The molecule has 0 aliphatic heterocycles. The van der Waals surface area contributed by atoms with Crippen LogP contribution in [0, 0.1) is 0 Å². The van der Waals surface area contributed by atoms with Crippen molar-refractivity contribution in [2.24, 2.45) is 0 Å². The molecular formula is C15H13N3O3. The standard InChI is InChI=1S/C15H13N3O3/c1-9(18-14(20)16-13(19)17-15(18)21)11-7-6-10-4-2-3-5-12(10)8-11/h2-9H,1H3,(H2,16,17,19,20,21)/t9-/m0/s1. The second kappa shape index (κ2) is 4.90. The van der Waals surface area contributed by atoms with Crippen LogP contribution in [0.1, 0.15) is 18.5 Å². The Morgan fingerprint density at radius 2 is 1.52 bits per heavy atom. The topological polar surface area (TPSA) is 87.7 Å². The largest absolute Gasteiger partial charge is 0.334 e. The highest BCUT2D eigenvalue weighted by molar-refractivity contribution is 5.83. The van der Waals surface area contributed by atoms with Gasteiger partial charge in [-0.1, -0.05) is 36.4 Å². The molecule has 0 aliphatic rings. The van der Waals surface area contributed by atoms with Gasteiger partial charge in [-0.25, -0.2) is 19.0 Å². The van der Waals surface area contributed by atoms with E-state index in [0.29, 0.717) is 0 Å². The van der Waals surface area contributed by atoms with E-state index in [0.717, 1.165) is 20.9 Å². The minimum absolute atomic E-state index is 0.484. The predicted molar refractivity (Wildman–Crippen MR) is 79.7 cm³/mol. The van der Waals surface area contributed by atoms with Gasteiger partial charge in [0.25, 0.3) is 0 Å². The van der Waals surface area contributed by atoms with Crippen molar-refractivity contribution in [2.45, 2.75) is 13.0 Å². The fourth-order valence-electron chi connectivity index (χ4n) is 2.41. The number of hydrogen-bond acceptors (Lipinski definition) is 3. The average molecular weight is 283 g/mol. The number of nitrogens with one attached hydrogen (secondary N) is 2. The Morgan fingerprint density at radius 1 is 0.905 bits per heavy atom. The second-order valence-corrected chi connectivity index (χ2v) is 4.84. The van der Waals surface area contributed by atoms with Crippen LogP contribution < -0.4 is 17.1 Å². The number of benzene rings is 2. The summed E-state index contributed by atoms with van der Waals surface area (Å²) in [4.78, 5) is 38.9. The maximum absolute atomic E-state index is 11.8. The molecule has 0 radical (unpaired) electrons. The molecule has 0 aliphatic carbocycles. The summed E-state index contributed by atoms with van der Waals surface area (Å²) in [7, 11) is 0. The Morgan fingerprint density at radius 3 is 2.19 bits per heavy atom. The third kappa shape index (κ3) is 2.31. The monoisotopic (exact) mass is 283 g/mol. The van der Waals surface area contributed by atoms with E-state index in [1.54, 1.807) is 6.92 Å². The molecule has 2 aromatic carbocycles. The lowest BCUT2D eigenvalue weighted by Gasteiger charge is -2.14. The Kier molecular flexibility index (Phi) is 3.06. The molecule has 0 saturated heterocycles. The molecule has 3 rings (SSSR count). The zero-order valence-corrected chi connectivity index (χ0v) is 11.3. The van der Waals surface area contributed by atoms with Crippen molar-refractivity contribution >= 4 is 10.8 Å². The highest BCUT2D eigenvalue weighted by Gasteiger charge is 2.13. The Balaban J connectivity index is 2.17. The first-order chi connectivity index (χ1) is 10.1. The van der Waals surface area contributed by atoms with Crippen molar-refractivity contribution in [2.75, 3.05) is 0 Å². The van der Waals surface area contributed by atoms with Gasteiger partial charge in [0.05, 0.1) is 6.04 Å². The number of fused-ring (bicyclic) bond motifs is 1. The molecule has 0 saturated carbocycles. The SMILES string of the molecule is C[C@@H](c1ccc2ccccc2c1)n1c(=O)[nH]c(=O)[nH]c1=O. The van der Waals surface area contributed by atoms with Crippen LogP contribution in [0.2, 0.25) is 0 Å². The fraction of sp³-hybridized carbons (Fsp3) is 0.133. The van der Waals surface area contributed by atoms with E-state index in [4.69, 9.17) is 0 Å². The third-order valence-corrected chi connectivity index (χ3v) is 3.52. The molecule has 0 spiro atoms. The summed E-state index contributed by atoms with van der Waals surface area (Å²) in [6.45, 7) is 1.74. The highest BCUT2D eigenvalue weighted by Crippen LogP contribution is 2.21. The van der Waals surface area contributed by atoms with Crippen LogP contribution in [0.25, 0.3) is 10.8 Å². The molecule has 106 valence electrons. The van der Waals surface area contributed by atoms with Crippen LogP contribution in [0.4, 0.5) is 0 Å². The number of nitrogens with zero attached hydrogens (tertiary/aromatic N) is 1. The molecule has 0 fully saturated rings. The van der Waals surface area contributed by atoms with Crippen LogP contribution in [0.15, 0.2) is 56.8 Å². The number of hydrogen-bond donors (Lipinski definition) is 2. The molecule has 6 nitrogen and oxygen atoms in total. The molecular weight excluding hydrogens is 270 g/mol. The number of rotatable bonds is 2. The van der Waals surface area contributed by atoms with Crippen molar-refractivity contribution in [1.82, 2.24) is 14.5 Å². The lowest BCUT2D eigenvalue weighted by molar-refractivity contribution is 0.552. The van der Waals surface area contributed by atoms with Crippen LogP contribution in [-0.4, -0.2) is 14.5 Å². The van der Waals surface area contributed by atoms with Gasteiger partial charge in [0, 0.05) is 0 Å². The van der Waals surface area contributed by atoms with E-state index >= 15 is 0 Å². The van der Waals surface area contributed by atoms with Crippen molar-refractivity contribution in [3.05, 3.63) is 79.5 Å². The summed E-state index contributed by atoms with van der Waals surface area (Å²) < 4.78 is 0.992. The van der Waals surface area contributed by atoms with Gasteiger partial charge in [0.1, 0.15) is 0 Å². The summed E-state index contributed by atoms with van der Waals surface area (Å²) in [6, 6.07) is 13.1. The van der Waals surface area contributed by atoms with Crippen LogP contribution >= 0.6 is 0 Å². The average Bonchev–Trinajstić information content (AvgIpc) is 2.45. The normalized spacial score (nSPS) is 12.4. The Hall–Kier alpha value is -2.89. The van der Waals surface area contributed by atoms with Gasteiger partial charge in [0.2, 0.25) is 0 Å². The first kappa shape index (κ1) is 13.1. The first-order valence-electron chi connectivity index (χ1n) is 6.50. The van der Waals surface area contributed by atoms with Gasteiger partial charge in [0.15, 0.2) is 0 Å². The van der Waals surface area contributed by atoms with Crippen molar-refractivity contribution in [1.29, 1.82) is 0 Å². The van der Waals surface area contributed by atoms with Crippen LogP contribution in [-0.2, 0) is 0 Å². The smallest absolute Gasteiger partial charge is 0.259 e. The van der Waals surface area contributed by atoms with Gasteiger partial charge in [-0.05, 0) is 29.3 Å². The van der Waals surface area contributed by atoms with E-state index in [1.807, 2.05) is 42.5 Å². The minimum Gasteiger partial charge on any atom is -0.259 e. The summed E-state index contributed by atoms with van der Waals surface area (Å²) in [5.74, 6) is 0. The van der Waals surface area contributed by atoms with Gasteiger partial charge in [-0.2, -0.15) is 0 Å². The number of aromatic nitrogens is 3. The summed E-state index contributed by atoms with van der Waals surface area (Å²) in [5, 5.41) is 2.10. The van der Waals surface area contributed by atoms with Gasteiger partial charge in [-0.15, -0.1) is 0 Å². The van der Waals surface area contributed by atoms with E-state index < -0.39 is 23.1 Å². The van der Waals surface area contributed by atoms with Crippen molar-refractivity contribution in [3.8, 4) is 0 Å². The predicted octanol–water partition coefficient (Wildman–Crippen LogP) is 0.987. The number of aromatic amines is 2. The van der Waals surface area contributed by atoms with Crippen LogP contribution in [0.3, 0.4) is 0 Å². The maximum atomic E-state index is 11.8. The number of H-pyrrole nitrogens is 2. The van der Waals surface area contributed by atoms with E-state index in [2.05, 4.69) is 9.97 Å². The lowest BCUT2D eigenvalue weighted by Crippen LogP contribution is -2.44. The first-order valence-corrected chi connectivity index (χ1v) is 6.50. The molecule has 6 heteroatoms. The quantitative estimate of drug-likeness (QED) is 0.735. The van der Waals surface area contributed by atoms with Gasteiger partial charge >= 0.3 is 17.1 Å². The van der Waals surface area contributed by atoms with Crippen molar-refractivity contribution < 1.29 is 0 Å². The summed E-state index contributed by atoms with van der Waals surface area (Å²) in [6.07, 6.45) is 0. The zero-order valence-electron chi connectivity index (χ0n) is 11.3. The Labute approximate surface area is 118 Å². The summed E-state index contributed by atoms with van der Waals surface area (Å²) >= 11 is 0. The zero-order chi connectivity index (χ0) is 15.0. The molecule has 2 N–H and O–H groups in total. The van der Waals surface area contributed by atoms with E-state index in [-0.39, 0.29) is 0 Å². The van der Waals surface area contributed by atoms with Crippen molar-refractivity contribution in [3.63, 3.8) is 0 Å². The minimum atomic E-state index is -0.799. The molecule has 0 amide bonds. The fourth-order valence-corrected chi connectivity index (χ4v) is 2.41. The molecule has 1 heterocycles. The van der Waals surface area contributed by atoms with E-state index in [1.165, 1.54) is 0 Å². The Bertz CT molecular complexity index is 947.